The van der Waals surface area contributed by atoms with Gasteiger partial charge in [-0.05, 0) is 32.3 Å². The Labute approximate surface area is 214 Å². The van der Waals surface area contributed by atoms with Gasteiger partial charge in [0.05, 0.1) is 13.0 Å². The number of hydrogen-bond donors (Lipinski definition) is 7. The molecule has 1 rings (SSSR count). The number of carboxylic acids is 1. The van der Waals surface area contributed by atoms with Crippen molar-refractivity contribution < 1.29 is 33.8 Å². The van der Waals surface area contributed by atoms with Crippen molar-refractivity contribution in [3.8, 4) is 0 Å². The second-order valence-corrected chi connectivity index (χ2v) is 8.31. The van der Waals surface area contributed by atoms with Crippen molar-refractivity contribution in [2.45, 2.75) is 57.8 Å². The summed E-state index contributed by atoms with van der Waals surface area (Å²) >= 11 is 0. The molecule has 0 heterocycles. The number of nitrogens with one attached hydrogen (secondary N) is 4. The summed E-state index contributed by atoms with van der Waals surface area (Å²) in [7, 11) is 0. The van der Waals surface area contributed by atoms with E-state index in [9.17, 15) is 29.1 Å². The zero-order chi connectivity index (χ0) is 27.8. The van der Waals surface area contributed by atoms with Crippen molar-refractivity contribution in [2.24, 2.45) is 16.5 Å². The lowest BCUT2D eigenvalue weighted by molar-refractivity contribution is -0.143. The van der Waals surface area contributed by atoms with Crippen LogP contribution in [0.25, 0.3) is 0 Å². The number of ether oxygens (including phenoxy) is 1. The average Bonchev–Trinajstić information content (AvgIpc) is 2.82. The summed E-state index contributed by atoms with van der Waals surface area (Å²) in [4.78, 5) is 64.2. The standard InChI is InChI=1S/C23H35N7O7/c1-14(2)28-18(31)11-17(21(34)35)29-19(32)12-27-20(33)16(9-6-10-26-22(24)25)30-23(36)37-13-15-7-4-3-5-8-15/h3-5,7-8,14,16-17H,6,9-13H2,1-2H3,(H,27,33)(H,28,31)(H,29,32)(H,30,36)(H,34,35)(H4,24,25,26). The number of carbonyl (C=O) groups is 5. The fraction of sp³-hybridized carbons (Fsp3) is 0.478. The lowest BCUT2D eigenvalue weighted by Gasteiger charge is -2.19. The molecular weight excluding hydrogens is 486 g/mol. The first-order chi connectivity index (χ1) is 17.5. The minimum Gasteiger partial charge on any atom is -0.480 e. The number of hydrogen-bond acceptors (Lipinski definition) is 7. The monoisotopic (exact) mass is 521 g/mol. The van der Waals surface area contributed by atoms with Crippen LogP contribution < -0.4 is 32.7 Å². The predicted molar refractivity (Wildman–Crippen MR) is 134 cm³/mol. The van der Waals surface area contributed by atoms with Crippen LogP contribution in [0.5, 0.6) is 0 Å². The molecule has 204 valence electrons. The highest BCUT2D eigenvalue weighted by Crippen LogP contribution is 2.03. The van der Waals surface area contributed by atoms with Gasteiger partial charge in [-0.25, -0.2) is 9.59 Å². The first-order valence-corrected chi connectivity index (χ1v) is 11.6. The van der Waals surface area contributed by atoms with Gasteiger partial charge in [0.25, 0.3) is 0 Å². The Kier molecular flexibility index (Phi) is 13.5. The topological polar surface area (TPSA) is 227 Å². The minimum atomic E-state index is -1.48. The number of benzene rings is 1. The highest BCUT2D eigenvalue weighted by atomic mass is 16.5. The lowest BCUT2D eigenvalue weighted by Crippen LogP contribution is -2.51. The molecule has 0 radical (unpaired) electrons. The Morgan fingerprint density at radius 3 is 2.24 bits per heavy atom. The van der Waals surface area contributed by atoms with Gasteiger partial charge in [0.15, 0.2) is 5.96 Å². The van der Waals surface area contributed by atoms with Gasteiger partial charge in [-0.3, -0.25) is 19.4 Å². The molecule has 37 heavy (non-hydrogen) atoms. The first-order valence-electron chi connectivity index (χ1n) is 11.6. The Hall–Kier alpha value is -4.36. The van der Waals surface area contributed by atoms with Gasteiger partial charge < -0.3 is 42.6 Å². The molecule has 9 N–H and O–H groups in total. The molecule has 0 saturated heterocycles. The van der Waals surface area contributed by atoms with Crippen LogP contribution in [0, 0.1) is 0 Å². The number of aliphatic carboxylic acids is 1. The molecule has 0 fully saturated rings. The van der Waals surface area contributed by atoms with Gasteiger partial charge in [0, 0.05) is 12.6 Å². The second kappa shape index (κ2) is 16.3. The molecule has 0 aliphatic heterocycles. The number of nitrogens with zero attached hydrogens (tertiary/aromatic N) is 1. The zero-order valence-corrected chi connectivity index (χ0v) is 20.9. The fourth-order valence-electron chi connectivity index (χ4n) is 2.98. The van der Waals surface area contributed by atoms with Crippen molar-refractivity contribution in [3.63, 3.8) is 0 Å². The Morgan fingerprint density at radius 1 is 0.973 bits per heavy atom. The van der Waals surface area contributed by atoms with Crippen LogP contribution in [0.4, 0.5) is 4.79 Å². The van der Waals surface area contributed by atoms with E-state index < -0.39 is 54.8 Å². The third kappa shape index (κ3) is 13.9. The molecule has 1 aromatic rings. The highest BCUT2D eigenvalue weighted by Gasteiger charge is 2.25. The number of rotatable bonds is 15. The van der Waals surface area contributed by atoms with E-state index in [1.807, 2.05) is 6.07 Å². The van der Waals surface area contributed by atoms with Crippen LogP contribution in [-0.2, 0) is 30.5 Å². The first kappa shape index (κ1) is 30.7. The predicted octanol–water partition coefficient (Wildman–Crippen LogP) is -1.06. The van der Waals surface area contributed by atoms with Crippen LogP contribution in [0.15, 0.2) is 35.3 Å². The number of aliphatic imine (C=N–C) groups is 1. The van der Waals surface area contributed by atoms with Gasteiger partial charge in [-0.2, -0.15) is 0 Å². The third-order valence-corrected chi connectivity index (χ3v) is 4.66. The van der Waals surface area contributed by atoms with Gasteiger partial charge in [-0.15, -0.1) is 0 Å². The Balaban J connectivity index is 2.68. The van der Waals surface area contributed by atoms with E-state index >= 15 is 0 Å². The Bertz CT molecular complexity index is 950. The molecule has 14 nitrogen and oxygen atoms in total. The number of amides is 4. The van der Waals surface area contributed by atoms with Crippen molar-refractivity contribution in [3.05, 3.63) is 35.9 Å². The number of guanidine groups is 1. The number of carboxylic acid groups (broad SMARTS) is 1. The smallest absolute Gasteiger partial charge is 0.408 e. The molecule has 2 unspecified atom stereocenters. The summed E-state index contributed by atoms with van der Waals surface area (Å²) in [6.45, 7) is 3.02. The maximum absolute atomic E-state index is 12.7. The molecule has 14 heteroatoms. The van der Waals surface area contributed by atoms with E-state index in [0.717, 1.165) is 5.56 Å². The summed E-state index contributed by atoms with van der Waals surface area (Å²) < 4.78 is 5.14. The molecule has 0 aliphatic rings. The minimum absolute atomic E-state index is 0.0155. The van der Waals surface area contributed by atoms with Crippen molar-refractivity contribution in [1.29, 1.82) is 0 Å². The number of nitrogens with two attached hydrogens (primary N) is 2. The van der Waals surface area contributed by atoms with Crippen molar-refractivity contribution in [1.82, 2.24) is 21.3 Å². The third-order valence-electron chi connectivity index (χ3n) is 4.66. The molecule has 0 saturated carbocycles. The van der Waals surface area contributed by atoms with Gasteiger partial charge in [0.2, 0.25) is 17.7 Å². The van der Waals surface area contributed by atoms with E-state index in [-0.39, 0.29) is 31.6 Å². The maximum atomic E-state index is 12.7. The van der Waals surface area contributed by atoms with E-state index in [2.05, 4.69) is 26.3 Å². The molecular formula is C23H35N7O7. The summed E-state index contributed by atoms with van der Waals surface area (Å²) in [5, 5.41) is 18.8. The molecule has 1 aromatic carbocycles. The molecule has 2 atom stereocenters. The van der Waals surface area contributed by atoms with E-state index in [0.29, 0.717) is 6.42 Å². The van der Waals surface area contributed by atoms with E-state index in [4.69, 9.17) is 16.2 Å². The van der Waals surface area contributed by atoms with Gasteiger partial charge in [-0.1, -0.05) is 30.3 Å². The van der Waals surface area contributed by atoms with Crippen LogP contribution in [0.2, 0.25) is 0 Å². The van der Waals surface area contributed by atoms with Crippen LogP contribution in [0.1, 0.15) is 38.7 Å². The quantitative estimate of drug-likeness (QED) is 0.0846. The van der Waals surface area contributed by atoms with Gasteiger partial charge >= 0.3 is 12.1 Å². The maximum Gasteiger partial charge on any atom is 0.408 e. The highest BCUT2D eigenvalue weighted by molar-refractivity contribution is 5.92. The number of carbonyl (C=O) groups excluding carboxylic acids is 4. The lowest BCUT2D eigenvalue weighted by atomic mass is 10.1. The average molecular weight is 522 g/mol. The molecule has 0 aromatic heterocycles. The largest absolute Gasteiger partial charge is 0.480 e. The van der Waals surface area contributed by atoms with Crippen molar-refractivity contribution >= 4 is 35.7 Å². The Morgan fingerprint density at radius 2 is 1.65 bits per heavy atom. The summed E-state index contributed by atoms with van der Waals surface area (Å²) in [6.07, 6.45) is -0.877. The molecule has 0 spiro atoms. The van der Waals surface area contributed by atoms with Crippen LogP contribution in [-0.4, -0.2) is 72.1 Å². The SMILES string of the molecule is CC(C)NC(=O)CC(NC(=O)CNC(=O)C(CCCN=C(N)N)NC(=O)OCc1ccccc1)C(=O)O. The normalized spacial score (nSPS) is 12.0. The van der Waals surface area contributed by atoms with Crippen LogP contribution >= 0.6 is 0 Å². The van der Waals surface area contributed by atoms with Gasteiger partial charge in [0.1, 0.15) is 18.7 Å². The zero-order valence-electron chi connectivity index (χ0n) is 20.9. The second-order valence-electron chi connectivity index (χ2n) is 8.31. The van der Waals surface area contributed by atoms with E-state index in [1.165, 1.54) is 0 Å². The van der Waals surface area contributed by atoms with Crippen LogP contribution in [0.3, 0.4) is 0 Å². The fourth-order valence-corrected chi connectivity index (χ4v) is 2.98. The van der Waals surface area contributed by atoms with E-state index in [1.54, 1.807) is 38.1 Å². The number of alkyl carbamates (subject to hydrolysis) is 1. The molecule has 4 amide bonds. The summed E-state index contributed by atoms with van der Waals surface area (Å²) in [5.74, 6) is -3.61. The molecule has 0 bridgehead atoms. The van der Waals surface area contributed by atoms with Crippen molar-refractivity contribution in [2.75, 3.05) is 13.1 Å². The summed E-state index contributed by atoms with van der Waals surface area (Å²) in [6, 6.07) is 6.15. The summed E-state index contributed by atoms with van der Waals surface area (Å²) in [5.41, 5.74) is 11.3. The molecule has 0 aliphatic carbocycles.